The average molecular weight is 438 g/mol. The molecule has 0 spiro atoms. The molecule has 0 bridgehead atoms. The molecule has 0 radical (unpaired) electrons. The van der Waals surface area contributed by atoms with Crippen molar-refractivity contribution >= 4 is 28.9 Å². The molecule has 10 heteroatoms. The molecule has 2 N–H and O–H groups in total. The van der Waals surface area contributed by atoms with E-state index in [9.17, 15) is 20.2 Å². The van der Waals surface area contributed by atoms with E-state index in [1.165, 1.54) is 12.5 Å². The molecule has 1 saturated carbocycles. The molecule has 0 amide bonds. The van der Waals surface area contributed by atoms with Crippen molar-refractivity contribution in [1.82, 2.24) is 10.2 Å². The van der Waals surface area contributed by atoms with Crippen LogP contribution in [0.5, 0.6) is 0 Å². The van der Waals surface area contributed by atoms with Gasteiger partial charge in [0.2, 0.25) is 0 Å². The predicted octanol–water partition coefficient (Wildman–Crippen LogP) is 2.86. The number of nitriles is 1. The van der Waals surface area contributed by atoms with Gasteiger partial charge in [0.05, 0.1) is 17.2 Å². The second kappa shape index (κ2) is 9.78. The molecule has 1 saturated heterocycles. The first kappa shape index (κ1) is 21.8. The van der Waals surface area contributed by atoms with E-state index >= 15 is 0 Å². The number of hydrogen-bond acceptors (Lipinski definition) is 9. The molecule has 2 heterocycles. The third-order valence-electron chi connectivity index (χ3n) is 6.07. The third-order valence-corrected chi connectivity index (χ3v) is 6.07. The molecule has 2 aliphatic heterocycles. The lowest BCUT2D eigenvalue weighted by Gasteiger charge is -2.33. The number of nitrogens with one attached hydrogen (secondary N) is 2. The highest BCUT2D eigenvalue weighted by atomic mass is 16.6. The molecular formula is C22H26N6O4. The smallest absolute Gasteiger partial charge is 0.351 e. The number of esters is 1. The Morgan fingerprint density at radius 1 is 1.28 bits per heavy atom. The molecule has 1 aromatic rings. The average Bonchev–Trinajstić information content (AvgIpc) is 2.83. The van der Waals surface area contributed by atoms with E-state index in [0.717, 1.165) is 25.7 Å². The monoisotopic (exact) mass is 438 g/mol. The highest BCUT2D eigenvalue weighted by Crippen LogP contribution is 2.40. The molecule has 2 fully saturated rings. The molecule has 0 aromatic heterocycles. The quantitative estimate of drug-likeness (QED) is 0.241. The van der Waals surface area contributed by atoms with E-state index in [1.54, 1.807) is 12.1 Å². The van der Waals surface area contributed by atoms with Crippen LogP contribution in [0, 0.1) is 27.4 Å². The maximum atomic E-state index is 12.9. The van der Waals surface area contributed by atoms with Crippen LogP contribution in [0.4, 0.5) is 17.1 Å². The van der Waals surface area contributed by atoms with Crippen LogP contribution >= 0.6 is 0 Å². The fourth-order valence-corrected chi connectivity index (χ4v) is 4.35. The van der Waals surface area contributed by atoms with Gasteiger partial charge in [-0.1, -0.05) is 25.3 Å². The van der Waals surface area contributed by atoms with Gasteiger partial charge in [-0.15, -0.1) is 0 Å². The first-order chi connectivity index (χ1) is 15.6. The normalized spacial score (nSPS) is 20.3. The minimum atomic E-state index is -0.697. The fourth-order valence-electron chi connectivity index (χ4n) is 4.35. The molecule has 0 atom stereocenters. The number of amidine groups is 1. The molecule has 168 valence electrons. The van der Waals surface area contributed by atoms with E-state index in [-0.39, 0.29) is 22.6 Å². The zero-order valence-corrected chi connectivity index (χ0v) is 17.8. The largest absolute Gasteiger partial charge is 0.461 e. The molecule has 4 rings (SSSR count). The van der Waals surface area contributed by atoms with Gasteiger partial charge in [-0.25, -0.2) is 9.79 Å². The van der Waals surface area contributed by atoms with Crippen molar-refractivity contribution in [1.29, 1.82) is 5.26 Å². The summed E-state index contributed by atoms with van der Waals surface area (Å²) >= 11 is 0. The number of carbonyl (C=O) groups is 1. The molecular weight excluding hydrogens is 412 g/mol. The summed E-state index contributed by atoms with van der Waals surface area (Å²) < 4.78 is 5.52. The lowest BCUT2D eigenvalue weighted by atomic mass is 9.90. The van der Waals surface area contributed by atoms with E-state index < -0.39 is 10.9 Å². The van der Waals surface area contributed by atoms with E-state index in [0.29, 0.717) is 50.2 Å². The van der Waals surface area contributed by atoms with Crippen LogP contribution in [0.1, 0.15) is 32.1 Å². The highest BCUT2D eigenvalue weighted by molar-refractivity contribution is 6.13. The summed E-state index contributed by atoms with van der Waals surface area (Å²) in [6.45, 7) is 2.87. The number of nitro groups is 1. The second-order valence-corrected chi connectivity index (χ2v) is 8.19. The Hall–Kier alpha value is -3.45. The summed E-state index contributed by atoms with van der Waals surface area (Å²) in [6.07, 6.45) is 5.51. The molecule has 1 aliphatic carbocycles. The van der Waals surface area contributed by atoms with Gasteiger partial charge in [0.1, 0.15) is 11.8 Å². The van der Waals surface area contributed by atoms with Crippen LogP contribution in [0.15, 0.2) is 34.5 Å². The van der Waals surface area contributed by atoms with Crippen molar-refractivity contribution in [2.75, 3.05) is 38.1 Å². The summed E-state index contributed by atoms with van der Waals surface area (Å²) in [5, 5.41) is 27.7. The lowest BCUT2D eigenvalue weighted by molar-refractivity contribution is -0.384. The number of nitrogens with zero attached hydrogens (tertiary/aromatic N) is 4. The van der Waals surface area contributed by atoms with Gasteiger partial charge in [-0.3, -0.25) is 10.1 Å². The SMILES string of the molecule is N#CC(C(=O)OCC1CCCCC1)=C1Nc2cccc([N+](=O)[O-])c2N=C1N1CCNCC1. The number of aliphatic imine (C=N–C) groups is 1. The fraction of sp³-hybridized carbons (Fsp3) is 0.500. The van der Waals surface area contributed by atoms with Crippen LogP contribution in [0.3, 0.4) is 0 Å². The van der Waals surface area contributed by atoms with Crippen LogP contribution in [0.25, 0.3) is 0 Å². The Morgan fingerprint density at radius 3 is 2.72 bits per heavy atom. The van der Waals surface area contributed by atoms with Crippen LogP contribution in [-0.2, 0) is 9.53 Å². The van der Waals surface area contributed by atoms with Crippen molar-refractivity contribution in [2.45, 2.75) is 32.1 Å². The van der Waals surface area contributed by atoms with E-state index in [2.05, 4.69) is 15.6 Å². The second-order valence-electron chi connectivity index (χ2n) is 8.19. The van der Waals surface area contributed by atoms with Crippen molar-refractivity contribution in [3.8, 4) is 6.07 Å². The van der Waals surface area contributed by atoms with Gasteiger partial charge in [0.25, 0.3) is 5.69 Å². The molecule has 32 heavy (non-hydrogen) atoms. The Bertz CT molecular complexity index is 1000. The Balaban J connectivity index is 1.69. The molecule has 10 nitrogen and oxygen atoms in total. The number of piperazine rings is 1. The number of rotatable bonds is 4. The first-order valence-corrected chi connectivity index (χ1v) is 11.0. The zero-order valence-electron chi connectivity index (χ0n) is 17.8. The number of anilines is 1. The number of hydrogen-bond donors (Lipinski definition) is 2. The maximum Gasteiger partial charge on any atom is 0.351 e. The van der Waals surface area contributed by atoms with E-state index in [4.69, 9.17) is 4.74 Å². The van der Waals surface area contributed by atoms with Crippen molar-refractivity contribution in [3.05, 3.63) is 39.6 Å². The Labute approximate surface area is 186 Å². The predicted molar refractivity (Wildman–Crippen MR) is 118 cm³/mol. The number of benzene rings is 1. The first-order valence-electron chi connectivity index (χ1n) is 11.0. The number of para-hydroxylation sites is 1. The molecule has 3 aliphatic rings. The lowest BCUT2D eigenvalue weighted by Crippen LogP contribution is -2.48. The van der Waals surface area contributed by atoms with Crippen LogP contribution in [0.2, 0.25) is 0 Å². The zero-order chi connectivity index (χ0) is 22.5. The number of fused-ring (bicyclic) bond motifs is 1. The standard InChI is InChI=1S/C22H26N6O4/c23-13-16(22(29)32-14-15-5-2-1-3-6-15)19-21(27-11-9-24-10-12-27)26-20-17(25-19)7-4-8-18(20)28(30)31/h4,7-8,15,24-25H,1-3,5-6,9-12,14H2. The minimum absolute atomic E-state index is 0.139. The van der Waals surface area contributed by atoms with Crippen molar-refractivity contribution in [2.24, 2.45) is 10.9 Å². The van der Waals surface area contributed by atoms with Gasteiger partial charge >= 0.3 is 5.97 Å². The summed E-state index contributed by atoms with van der Waals surface area (Å²) in [5.74, 6) is -0.0293. The van der Waals surface area contributed by atoms with Crippen LogP contribution in [-0.4, -0.2) is 54.4 Å². The summed E-state index contributed by atoms with van der Waals surface area (Å²) in [5.41, 5.74) is 0.481. The number of nitro benzene ring substituents is 1. The Kier molecular flexibility index (Phi) is 6.66. The third kappa shape index (κ3) is 4.57. The number of carbonyl (C=O) groups excluding carboxylic acids is 1. The number of ether oxygens (including phenoxy) is 1. The Morgan fingerprint density at radius 2 is 2.03 bits per heavy atom. The minimum Gasteiger partial charge on any atom is -0.461 e. The van der Waals surface area contributed by atoms with E-state index in [1.807, 2.05) is 11.0 Å². The van der Waals surface area contributed by atoms with Gasteiger partial charge in [0, 0.05) is 32.2 Å². The maximum absolute atomic E-state index is 12.9. The van der Waals surface area contributed by atoms with Gasteiger partial charge in [0.15, 0.2) is 17.1 Å². The molecule has 0 unspecified atom stereocenters. The molecule has 1 aromatic carbocycles. The topological polar surface area (TPSA) is 133 Å². The van der Waals surface area contributed by atoms with Gasteiger partial charge in [-0.05, 0) is 24.8 Å². The van der Waals surface area contributed by atoms with Crippen molar-refractivity contribution < 1.29 is 14.5 Å². The van der Waals surface area contributed by atoms with Crippen molar-refractivity contribution in [3.63, 3.8) is 0 Å². The van der Waals surface area contributed by atoms with Gasteiger partial charge in [-0.2, -0.15) is 5.26 Å². The summed E-state index contributed by atoms with van der Waals surface area (Å²) in [7, 11) is 0. The summed E-state index contributed by atoms with van der Waals surface area (Å²) in [6, 6.07) is 6.55. The highest BCUT2D eigenvalue weighted by Gasteiger charge is 2.32. The van der Waals surface area contributed by atoms with Crippen LogP contribution < -0.4 is 10.6 Å². The summed E-state index contributed by atoms with van der Waals surface area (Å²) in [4.78, 5) is 30.4. The van der Waals surface area contributed by atoms with Gasteiger partial charge < -0.3 is 20.3 Å².